The van der Waals surface area contributed by atoms with Gasteiger partial charge in [0, 0.05) is 0 Å². The van der Waals surface area contributed by atoms with Crippen molar-refractivity contribution < 1.29 is 14.3 Å². The topological polar surface area (TPSA) is 43.4 Å². The van der Waals surface area contributed by atoms with Crippen LogP contribution in [0.4, 0.5) is 0 Å². The minimum absolute atomic E-state index is 0.242. The summed E-state index contributed by atoms with van der Waals surface area (Å²) in [6.45, 7) is 4.48. The van der Waals surface area contributed by atoms with Gasteiger partial charge in [-0.15, -0.1) is 0 Å². The van der Waals surface area contributed by atoms with Crippen molar-refractivity contribution in [2.24, 2.45) is 11.8 Å². The highest BCUT2D eigenvalue weighted by molar-refractivity contribution is 5.94. The van der Waals surface area contributed by atoms with Crippen molar-refractivity contribution in [3.8, 4) is 0 Å². The summed E-state index contributed by atoms with van der Waals surface area (Å²) in [5.74, 6) is -0.191. The maximum atomic E-state index is 11.2. The Labute approximate surface area is 103 Å². The largest absolute Gasteiger partial charge is 0.393 e. The van der Waals surface area contributed by atoms with Crippen LogP contribution >= 0.6 is 0 Å². The number of unbranched alkanes of at least 4 members (excludes halogenated alkanes) is 1. The lowest BCUT2D eigenvalue weighted by molar-refractivity contribution is -0.153. The molecule has 0 bridgehead atoms. The van der Waals surface area contributed by atoms with Gasteiger partial charge in [-0.2, -0.15) is 0 Å². The third-order valence-electron chi connectivity index (χ3n) is 3.31. The minimum atomic E-state index is -0.384. The summed E-state index contributed by atoms with van der Waals surface area (Å²) in [7, 11) is 0. The van der Waals surface area contributed by atoms with Crippen molar-refractivity contribution in [2.75, 3.05) is 0 Å². The number of carbonyl (C=O) groups is 2. The molecule has 0 amide bonds. The standard InChI is InChI=1S/C14H22O3/c1-3-11(2)8-6-4-5-7-9-12-10-13(15)17-14(12)16/h5,7,11-12H,3-4,6,8-10H2,1-2H3/b7-5-. The molecule has 1 aliphatic heterocycles. The molecule has 17 heavy (non-hydrogen) atoms. The Morgan fingerprint density at radius 3 is 2.76 bits per heavy atom. The van der Waals surface area contributed by atoms with E-state index in [1.165, 1.54) is 19.3 Å². The molecule has 0 N–H and O–H groups in total. The van der Waals surface area contributed by atoms with E-state index in [1.807, 2.05) is 6.08 Å². The second-order valence-electron chi connectivity index (χ2n) is 4.85. The highest BCUT2D eigenvalue weighted by atomic mass is 16.6. The van der Waals surface area contributed by atoms with Crippen LogP contribution in [0.15, 0.2) is 12.2 Å². The molecule has 1 fully saturated rings. The first-order valence-electron chi connectivity index (χ1n) is 6.53. The van der Waals surface area contributed by atoms with Gasteiger partial charge in [-0.05, 0) is 25.2 Å². The van der Waals surface area contributed by atoms with E-state index in [4.69, 9.17) is 0 Å². The first-order chi connectivity index (χ1) is 8.13. The van der Waals surface area contributed by atoms with Crippen molar-refractivity contribution >= 4 is 11.9 Å². The highest BCUT2D eigenvalue weighted by Crippen LogP contribution is 2.20. The van der Waals surface area contributed by atoms with E-state index in [1.54, 1.807) is 0 Å². The van der Waals surface area contributed by atoms with Crippen LogP contribution in [0.5, 0.6) is 0 Å². The van der Waals surface area contributed by atoms with Crippen LogP contribution < -0.4 is 0 Å². The van der Waals surface area contributed by atoms with Crippen LogP contribution in [0.2, 0.25) is 0 Å². The van der Waals surface area contributed by atoms with Crippen molar-refractivity contribution in [3.63, 3.8) is 0 Å². The van der Waals surface area contributed by atoms with Gasteiger partial charge in [-0.3, -0.25) is 9.59 Å². The Bertz CT molecular complexity index is 294. The van der Waals surface area contributed by atoms with E-state index in [0.717, 1.165) is 12.3 Å². The molecule has 0 aliphatic carbocycles. The number of cyclic esters (lactones) is 2. The molecule has 96 valence electrons. The summed E-state index contributed by atoms with van der Waals surface area (Å²) in [5, 5.41) is 0. The van der Waals surface area contributed by atoms with Gasteiger partial charge in [0.05, 0.1) is 12.3 Å². The number of ether oxygens (including phenoxy) is 1. The number of hydrogen-bond donors (Lipinski definition) is 0. The molecular weight excluding hydrogens is 216 g/mol. The van der Waals surface area contributed by atoms with Gasteiger partial charge in [0.1, 0.15) is 0 Å². The summed E-state index contributed by atoms with van der Waals surface area (Å²) < 4.78 is 4.49. The Hall–Kier alpha value is -1.12. The van der Waals surface area contributed by atoms with Crippen LogP contribution in [0, 0.1) is 11.8 Å². The van der Waals surface area contributed by atoms with Gasteiger partial charge in [-0.25, -0.2) is 0 Å². The van der Waals surface area contributed by atoms with Crippen molar-refractivity contribution in [3.05, 3.63) is 12.2 Å². The maximum absolute atomic E-state index is 11.2. The molecule has 2 atom stereocenters. The molecule has 0 radical (unpaired) electrons. The van der Waals surface area contributed by atoms with Crippen molar-refractivity contribution in [1.29, 1.82) is 0 Å². The van der Waals surface area contributed by atoms with Crippen molar-refractivity contribution in [2.45, 2.75) is 52.4 Å². The van der Waals surface area contributed by atoms with Gasteiger partial charge in [0.2, 0.25) is 0 Å². The molecule has 2 unspecified atom stereocenters. The lowest BCUT2D eigenvalue weighted by atomic mass is 10.0. The molecule has 1 heterocycles. The smallest absolute Gasteiger partial charge is 0.317 e. The second-order valence-corrected chi connectivity index (χ2v) is 4.85. The average Bonchev–Trinajstić information content (AvgIpc) is 2.62. The maximum Gasteiger partial charge on any atom is 0.317 e. The fraction of sp³-hybridized carbons (Fsp3) is 0.714. The molecule has 0 aromatic heterocycles. The Morgan fingerprint density at radius 1 is 1.41 bits per heavy atom. The predicted octanol–water partition coefficient (Wildman–Crippen LogP) is 3.24. The summed E-state index contributed by atoms with van der Waals surface area (Å²) in [5.41, 5.74) is 0. The molecule has 3 nitrogen and oxygen atoms in total. The molecule has 1 rings (SSSR count). The Kier molecular flexibility index (Phi) is 5.95. The van der Waals surface area contributed by atoms with E-state index >= 15 is 0 Å². The summed E-state index contributed by atoms with van der Waals surface area (Å²) in [6.07, 6.45) is 9.73. The molecule has 3 heteroatoms. The fourth-order valence-electron chi connectivity index (χ4n) is 1.87. The summed E-state index contributed by atoms with van der Waals surface area (Å²) >= 11 is 0. The van der Waals surface area contributed by atoms with E-state index in [0.29, 0.717) is 6.42 Å². The second kappa shape index (κ2) is 7.25. The first-order valence-corrected chi connectivity index (χ1v) is 6.53. The van der Waals surface area contributed by atoms with E-state index < -0.39 is 0 Å². The normalized spacial score (nSPS) is 22.1. The predicted molar refractivity (Wildman–Crippen MR) is 66.3 cm³/mol. The number of hydrogen-bond acceptors (Lipinski definition) is 3. The lowest BCUT2D eigenvalue weighted by Gasteiger charge is -2.05. The quantitative estimate of drug-likeness (QED) is 0.296. The zero-order valence-electron chi connectivity index (χ0n) is 10.8. The van der Waals surface area contributed by atoms with Gasteiger partial charge in [0.15, 0.2) is 0 Å². The van der Waals surface area contributed by atoms with Crippen LogP contribution in [-0.2, 0) is 14.3 Å². The highest BCUT2D eigenvalue weighted by Gasteiger charge is 2.31. The zero-order valence-corrected chi connectivity index (χ0v) is 10.8. The third-order valence-corrected chi connectivity index (χ3v) is 3.31. The molecular formula is C14H22O3. The van der Waals surface area contributed by atoms with Gasteiger partial charge < -0.3 is 4.74 Å². The first kappa shape index (κ1) is 13.9. The van der Waals surface area contributed by atoms with Crippen molar-refractivity contribution in [1.82, 2.24) is 0 Å². The summed E-state index contributed by atoms with van der Waals surface area (Å²) in [6, 6.07) is 0. The Balaban J connectivity index is 2.10. The van der Waals surface area contributed by atoms with Crippen LogP contribution in [0.1, 0.15) is 52.4 Å². The third kappa shape index (κ3) is 5.16. The average molecular weight is 238 g/mol. The lowest BCUT2D eigenvalue weighted by Crippen LogP contribution is -2.05. The monoisotopic (exact) mass is 238 g/mol. The minimum Gasteiger partial charge on any atom is -0.393 e. The molecule has 0 saturated carbocycles. The molecule has 0 aromatic rings. The van der Waals surface area contributed by atoms with Crippen LogP contribution in [-0.4, -0.2) is 11.9 Å². The molecule has 0 spiro atoms. The number of esters is 2. The zero-order chi connectivity index (χ0) is 12.7. The van der Waals surface area contributed by atoms with E-state index in [-0.39, 0.29) is 24.3 Å². The molecule has 1 saturated heterocycles. The fourth-order valence-corrected chi connectivity index (χ4v) is 1.87. The van der Waals surface area contributed by atoms with Gasteiger partial charge in [-0.1, -0.05) is 38.8 Å². The number of carbonyl (C=O) groups excluding carboxylic acids is 2. The molecule has 0 aromatic carbocycles. The Morgan fingerprint density at radius 2 is 2.18 bits per heavy atom. The summed E-state index contributed by atoms with van der Waals surface area (Å²) in [4.78, 5) is 22.0. The number of rotatable bonds is 7. The van der Waals surface area contributed by atoms with E-state index in [2.05, 4.69) is 24.7 Å². The number of allylic oxidation sites excluding steroid dienone is 2. The van der Waals surface area contributed by atoms with Crippen LogP contribution in [0.25, 0.3) is 0 Å². The van der Waals surface area contributed by atoms with Crippen LogP contribution in [0.3, 0.4) is 0 Å². The van der Waals surface area contributed by atoms with E-state index in [9.17, 15) is 9.59 Å². The SMILES string of the molecule is CCC(C)CCC/C=C\CC1CC(=O)OC1=O. The van der Waals surface area contributed by atoms with Gasteiger partial charge >= 0.3 is 11.9 Å². The molecule has 1 aliphatic rings. The van der Waals surface area contributed by atoms with Gasteiger partial charge in [0.25, 0.3) is 0 Å².